The van der Waals surface area contributed by atoms with Crippen LogP contribution in [0.2, 0.25) is 0 Å². The molecule has 1 N–H and O–H groups in total. The third kappa shape index (κ3) is 0.894. The minimum Gasteiger partial charge on any atom is -0.465 e. The number of likely N-dealkylation sites (N-methyl/N-ethyl adjacent to an activating group) is 1. The predicted octanol–water partition coefficient (Wildman–Crippen LogP) is 0.0527. The molecule has 2 aliphatic heterocycles. The maximum Gasteiger partial charge on any atom is 0.407 e. The number of hydrogen-bond donors (Lipinski definition) is 1. The van der Waals surface area contributed by atoms with Crippen molar-refractivity contribution >= 4 is 6.09 Å². The molecule has 2 bridgehead atoms. The van der Waals surface area contributed by atoms with E-state index in [-0.39, 0.29) is 6.04 Å². The summed E-state index contributed by atoms with van der Waals surface area (Å²) in [5.41, 5.74) is 0. The second kappa shape index (κ2) is 2.11. The van der Waals surface area contributed by atoms with Crippen molar-refractivity contribution in [2.75, 3.05) is 20.1 Å². The van der Waals surface area contributed by atoms with Gasteiger partial charge in [-0.3, -0.25) is 4.90 Å². The largest absolute Gasteiger partial charge is 0.465 e. The van der Waals surface area contributed by atoms with Crippen molar-refractivity contribution in [3.8, 4) is 0 Å². The fourth-order valence-corrected chi connectivity index (χ4v) is 2.10. The molecule has 0 spiro atoms. The van der Waals surface area contributed by atoms with Crippen molar-refractivity contribution in [3.05, 3.63) is 0 Å². The van der Waals surface area contributed by atoms with E-state index in [2.05, 4.69) is 11.9 Å². The third-order valence-electron chi connectivity index (χ3n) is 2.76. The standard InChI is InChI=1S/C7H12N2O2/c1-8-3-6-2-5(8)4-9(6)7(10)11/h5-6H,2-4H2,1H3,(H,10,11)/t5-,6-/m1/s1. The Morgan fingerprint density at radius 3 is 2.55 bits per heavy atom. The molecule has 0 aliphatic carbocycles. The molecule has 11 heavy (non-hydrogen) atoms. The molecule has 2 rings (SSSR count). The SMILES string of the molecule is CN1C[C@H]2C[C@@H]1CN2C(=O)O. The zero-order valence-corrected chi connectivity index (χ0v) is 6.53. The highest BCUT2D eigenvalue weighted by Crippen LogP contribution is 2.28. The smallest absolute Gasteiger partial charge is 0.407 e. The Bertz CT molecular complexity index is 193. The van der Waals surface area contributed by atoms with Gasteiger partial charge in [0.05, 0.1) is 0 Å². The molecule has 4 nitrogen and oxygen atoms in total. The van der Waals surface area contributed by atoms with E-state index in [1.165, 1.54) is 0 Å². The van der Waals surface area contributed by atoms with Gasteiger partial charge in [0.2, 0.25) is 0 Å². The molecule has 4 heteroatoms. The van der Waals surface area contributed by atoms with E-state index in [4.69, 9.17) is 5.11 Å². The van der Waals surface area contributed by atoms with Gasteiger partial charge in [0.15, 0.2) is 0 Å². The van der Waals surface area contributed by atoms with Gasteiger partial charge in [-0.25, -0.2) is 4.79 Å². The fraction of sp³-hybridized carbons (Fsp3) is 0.857. The Balaban J connectivity index is 2.08. The van der Waals surface area contributed by atoms with E-state index in [1.54, 1.807) is 4.90 Å². The van der Waals surface area contributed by atoms with Crippen LogP contribution >= 0.6 is 0 Å². The molecule has 2 fully saturated rings. The molecule has 2 heterocycles. The summed E-state index contributed by atoms with van der Waals surface area (Å²) in [5, 5.41) is 8.73. The van der Waals surface area contributed by atoms with Crippen molar-refractivity contribution in [2.45, 2.75) is 18.5 Å². The highest BCUT2D eigenvalue weighted by Gasteiger charge is 2.43. The van der Waals surface area contributed by atoms with Gasteiger partial charge >= 0.3 is 6.09 Å². The van der Waals surface area contributed by atoms with Crippen LogP contribution in [-0.2, 0) is 0 Å². The summed E-state index contributed by atoms with van der Waals surface area (Å²) in [6.45, 7) is 1.62. The Morgan fingerprint density at radius 2 is 2.18 bits per heavy atom. The number of carboxylic acid groups (broad SMARTS) is 1. The van der Waals surface area contributed by atoms with Gasteiger partial charge in [-0.2, -0.15) is 0 Å². The molecular formula is C7H12N2O2. The van der Waals surface area contributed by atoms with Crippen LogP contribution in [0.25, 0.3) is 0 Å². The van der Waals surface area contributed by atoms with Crippen LogP contribution in [0.1, 0.15) is 6.42 Å². The van der Waals surface area contributed by atoms with Gasteiger partial charge in [-0.15, -0.1) is 0 Å². The maximum absolute atomic E-state index is 10.6. The van der Waals surface area contributed by atoms with Crippen LogP contribution in [-0.4, -0.2) is 53.2 Å². The molecule has 2 saturated heterocycles. The number of piperazine rings is 1. The average molecular weight is 156 g/mol. The van der Waals surface area contributed by atoms with E-state index in [9.17, 15) is 4.79 Å². The summed E-state index contributed by atoms with van der Waals surface area (Å²) < 4.78 is 0. The molecule has 2 aliphatic rings. The normalized spacial score (nSPS) is 36.6. The lowest BCUT2D eigenvalue weighted by Gasteiger charge is -2.29. The number of nitrogens with zero attached hydrogens (tertiary/aromatic N) is 2. The molecule has 62 valence electrons. The first-order valence-corrected chi connectivity index (χ1v) is 3.88. The van der Waals surface area contributed by atoms with Crippen molar-refractivity contribution in [1.29, 1.82) is 0 Å². The number of rotatable bonds is 0. The molecule has 0 unspecified atom stereocenters. The van der Waals surface area contributed by atoms with Gasteiger partial charge in [0.1, 0.15) is 0 Å². The molecular weight excluding hydrogens is 144 g/mol. The maximum atomic E-state index is 10.6. The van der Waals surface area contributed by atoms with Gasteiger partial charge in [-0.1, -0.05) is 0 Å². The lowest BCUT2D eigenvalue weighted by Crippen LogP contribution is -2.46. The summed E-state index contributed by atoms with van der Waals surface area (Å²) in [4.78, 5) is 14.4. The quantitative estimate of drug-likeness (QED) is 0.539. The highest BCUT2D eigenvalue weighted by molar-refractivity contribution is 5.66. The summed E-state index contributed by atoms with van der Waals surface area (Å²) in [6.07, 6.45) is 0.272. The van der Waals surface area contributed by atoms with Crippen LogP contribution in [0.3, 0.4) is 0 Å². The predicted molar refractivity (Wildman–Crippen MR) is 39.6 cm³/mol. The Hall–Kier alpha value is -0.770. The minimum atomic E-state index is -0.759. The van der Waals surface area contributed by atoms with Crippen molar-refractivity contribution in [3.63, 3.8) is 0 Å². The molecule has 0 aromatic carbocycles. The van der Waals surface area contributed by atoms with Gasteiger partial charge < -0.3 is 10.0 Å². The number of likely N-dealkylation sites (tertiary alicyclic amines) is 2. The first kappa shape index (κ1) is 6.91. The molecule has 0 aromatic heterocycles. The minimum absolute atomic E-state index is 0.266. The fourth-order valence-electron chi connectivity index (χ4n) is 2.10. The summed E-state index contributed by atoms with van der Waals surface area (Å²) >= 11 is 0. The average Bonchev–Trinajstić information content (AvgIpc) is 2.43. The lowest BCUT2D eigenvalue weighted by molar-refractivity contribution is 0.112. The second-order valence-corrected chi connectivity index (χ2v) is 3.42. The zero-order chi connectivity index (χ0) is 8.01. The highest BCUT2D eigenvalue weighted by atomic mass is 16.4. The topological polar surface area (TPSA) is 43.8 Å². The van der Waals surface area contributed by atoms with Crippen molar-refractivity contribution in [2.24, 2.45) is 0 Å². The monoisotopic (exact) mass is 156 g/mol. The number of carbonyl (C=O) groups is 1. The van der Waals surface area contributed by atoms with Crippen LogP contribution in [0.5, 0.6) is 0 Å². The summed E-state index contributed by atoms with van der Waals surface area (Å²) in [6, 6.07) is 0.749. The van der Waals surface area contributed by atoms with E-state index < -0.39 is 6.09 Å². The van der Waals surface area contributed by atoms with E-state index in [0.29, 0.717) is 12.6 Å². The van der Waals surface area contributed by atoms with Crippen LogP contribution in [0, 0.1) is 0 Å². The molecule has 1 amide bonds. The second-order valence-electron chi connectivity index (χ2n) is 3.42. The number of hydrogen-bond acceptors (Lipinski definition) is 2. The van der Waals surface area contributed by atoms with Gasteiger partial charge in [-0.05, 0) is 13.5 Å². The van der Waals surface area contributed by atoms with E-state index >= 15 is 0 Å². The van der Waals surface area contributed by atoms with Crippen LogP contribution in [0.15, 0.2) is 0 Å². The number of fused-ring (bicyclic) bond motifs is 2. The van der Waals surface area contributed by atoms with Crippen LogP contribution in [0.4, 0.5) is 4.79 Å². The zero-order valence-electron chi connectivity index (χ0n) is 6.53. The van der Waals surface area contributed by atoms with Gasteiger partial charge in [0, 0.05) is 25.2 Å². The van der Waals surface area contributed by atoms with Crippen molar-refractivity contribution < 1.29 is 9.90 Å². The Labute approximate surface area is 65.4 Å². The first-order chi connectivity index (χ1) is 5.18. The molecule has 0 aromatic rings. The Kier molecular flexibility index (Phi) is 1.32. The van der Waals surface area contributed by atoms with Crippen LogP contribution < -0.4 is 0 Å². The molecule has 2 atom stereocenters. The van der Waals surface area contributed by atoms with Crippen molar-refractivity contribution in [1.82, 2.24) is 9.80 Å². The van der Waals surface area contributed by atoms with Gasteiger partial charge in [0.25, 0.3) is 0 Å². The molecule has 0 radical (unpaired) electrons. The Morgan fingerprint density at radius 1 is 1.45 bits per heavy atom. The van der Waals surface area contributed by atoms with E-state index in [1.807, 2.05) is 0 Å². The molecule has 0 saturated carbocycles. The summed E-state index contributed by atoms with van der Waals surface area (Å²) in [5.74, 6) is 0. The third-order valence-corrected chi connectivity index (χ3v) is 2.76. The summed E-state index contributed by atoms with van der Waals surface area (Å²) in [7, 11) is 2.06. The lowest BCUT2D eigenvalue weighted by atomic mass is 10.2. The number of amides is 1. The van der Waals surface area contributed by atoms with E-state index in [0.717, 1.165) is 13.0 Å². The first-order valence-electron chi connectivity index (χ1n) is 3.88.